The van der Waals surface area contributed by atoms with Crippen LogP contribution in [0.15, 0.2) is 23.4 Å². The average molecular weight is 420 g/mol. The van der Waals surface area contributed by atoms with Crippen molar-refractivity contribution in [2.24, 2.45) is 7.05 Å². The Bertz CT molecular complexity index is 1130. The summed E-state index contributed by atoms with van der Waals surface area (Å²) in [4.78, 5) is 4.37. The fourth-order valence-corrected chi connectivity index (χ4v) is 5.21. The highest BCUT2D eigenvalue weighted by atomic mass is 32.2. The summed E-state index contributed by atoms with van der Waals surface area (Å²) < 4.78 is 36.3. The van der Waals surface area contributed by atoms with Crippen molar-refractivity contribution in [3.8, 4) is 5.88 Å². The van der Waals surface area contributed by atoms with E-state index < -0.39 is 10.0 Å². The minimum atomic E-state index is -3.62. The van der Waals surface area contributed by atoms with Crippen LogP contribution in [0.1, 0.15) is 50.2 Å². The highest BCUT2D eigenvalue weighted by Crippen LogP contribution is 2.30. The van der Waals surface area contributed by atoms with Gasteiger partial charge < -0.3 is 9.30 Å². The fraction of sp³-hybridized carbons (Fsp3) is 0.556. The SMILES string of the molecule is COc1ccc2nnc(C3CCN(S(=O)(=O)c4cn(C)c(C(C)C)n4)CC3)n2n1. The van der Waals surface area contributed by atoms with Gasteiger partial charge in [-0.3, -0.25) is 0 Å². The molecule has 0 amide bonds. The smallest absolute Gasteiger partial charge is 0.262 e. The van der Waals surface area contributed by atoms with Crippen LogP contribution in [0.3, 0.4) is 0 Å². The number of methoxy groups -OCH3 is 1. The van der Waals surface area contributed by atoms with E-state index in [1.54, 1.807) is 34.5 Å². The number of nitrogens with zero attached hydrogens (tertiary/aromatic N) is 7. The van der Waals surface area contributed by atoms with Crippen LogP contribution in [-0.4, -0.2) is 62.3 Å². The maximum absolute atomic E-state index is 13.1. The maximum Gasteiger partial charge on any atom is 0.262 e. The van der Waals surface area contributed by atoms with Crippen molar-refractivity contribution in [3.63, 3.8) is 0 Å². The lowest BCUT2D eigenvalue weighted by atomic mass is 9.97. The summed E-state index contributed by atoms with van der Waals surface area (Å²) in [7, 11) is -0.236. The van der Waals surface area contributed by atoms with Crippen LogP contribution in [0.25, 0.3) is 5.65 Å². The Morgan fingerprint density at radius 3 is 2.52 bits per heavy atom. The topological polar surface area (TPSA) is 108 Å². The first-order valence-corrected chi connectivity index (χ1v) is 11.0. The number of hydrogen-bond donors (Lipinski definition) is 0. The lowest BCUT2D eigenvalue weighted by molar-refractivity contribution is 0.309. The van der Waals surface area contributed by atoms with Gasteiger partial charge in [0, 0.05) is 44.2 Å². The Balaban J connectivity index is 1.53. The number of fused-ring (bicyclic) bond motifs is 1. The zero-order chi connectivity index (χ0) is 20.8. The third-order valence-corrected chi connectivity index (χ3v) is 7.07. The van der Waals surface area contributed by atoms with Gasteiger partial charge in [-0.05, 0) is 18.9 Å². The minimum Gasteiger partial charge on any atom is -0.480 e. The summed E-state index contributed by atoms with van der Waals surface area (Å²) in [6.07, 6.45) is 2.88. The monoisotopic (exact) mass is 419 g/mol. The third-order valence-electron chi connectivity index (χ3n) is 5.30. The fourth-order valence-electron chi connectivity index (χ4n) is 3.75. The molecule has 4 rings (SSSR count). The van der Waals surface area contributed by atoms with E-state index in [1.165, 1.54) is 4.31 Å². The van der Waals surface area contributed by atoms with Gasteiger partial charge in [0.15, 0.2) is 16.5 Å². The van der Waals surface area contributed by atoms with Crippen molar-refractivity contribution in [3.05, 3.63) is 30.0 Å². The molecule has 29 heavy (non-hydrogen) atoms. The van der Waals surface area contributed by atoms with Crippen LogP contribution >= 0.6 is 0 Å². The summed E-state index contributed by atoms with van der Waals surface area (Å²) in [5.74, 6) is 2.20. The largest absolute Gasteiger partial charge is 0.480 e. The number of piperidine rings is 1. The second-order valence-corrected chi connectivity index (χ2v) is 9.47. The van der Waals surface area contributed by atoms with Crippen LogP contribution in [0.5, 0.6) is 5.88 Å². The normalized spacial score (nSPS) is 16.7. The lowest BCUT2D eigenvalue weighted by Crippen LogP contribution is -2.38. The van der Waals surface area contributed by atoms with Crippen molar-refractivity contribution < 1.29 is 13.2 Å². The Hall–Kier alpha value is -2.53. The van der Waals surface area contributed by atoms with Gasteiger partial charge in [0.2, 0.25) is 5.88 Å². The molecule has 3 aromatic rings. The zero-order valence-electron chi connectivity index (χ0n) is 17.0. The van der Waals surface area contributed by atoms with Gasteiger partial charge in [-0.15, -0.1) is 15.3 Å². The van der Waals surface area contributed by atoms with Crippen molar-refractivity contribution >= 4 is 15.7 Å². The Labute approximate surface area is 169 Å². The predicted octanol–water partition coefficient (Wildman–Crippen LogP) is 1.56. The molecule has 0 aromatic carbocycles. The van der Waals surface area contributed by atoms with E-state index in [0.29, 0.717) is 37.5 Å². The van der Waals surface area contributed by atoms with E-state index in [-0.39, 0.29) is 16.9 Å². The van der Waals surface area contributed by atoms with Crippen LogP contribution in [0.2, 0.25) is 0 Å². The molecule has 0 unspecified atom stereocenters. The van der Waals surface area contributed by atoms with Crippen molar-refractivity contribution in [2.75, 3.05) is 20.2 Å². The van der Waals surface area contributed by atoms with Gasteiger partial charge in [-0.1, -0.05) is 13.8 Å². The molecule has 0 atom stereocenters. The van der Waals surface area contributed by atoms with Gasteiger partial charge in [-0.2, -0.15) is 8.82 Å². The molecule has 156 valence electrons. The molecule has 0 aliphatic carbocycles. The molecule has 0 bridgehead atoms. The molecule has 1 fully saturated rings. The van der Waals surface area contributed by atoms with Gasteiger partial charge >= 0.3 is 0 Å². The van der Waals surface area contributed by atoms with E-state index in [0.717, 1.165) is 11.6 Å². The highest BCUT2D eigenvalue weighted by Gasteiger charge is 2.34. The number of imidazole rings is 1. The van der Waals surface area contributed by atoms with Gasteiger partial charge in [0.1, 0.15) is 5.82 Å². The Morgan fingerprint density at radius 1 is 1.17 bits per heavy atom. The summed E-state index contributed by atoms with van der Waals surface area (Å²) in [5, 5.41) is 13.0. The molecule has 11 heteroatoms. The summed E-state index contributed by atoms with van der Waals surface area (Å²) >= 11 is 0. The van der Waals surface area contributed by atoms with Crippen LogP contribution in [0, 0.1) is 0 Å². The standard InChI is InChI=1S/C18H25N7O3S/c1-12(2)17-19-16(11-23(17)3)29(26,27)24-9-7-13(8-10-24)18-21-20-14-5-6-15(28-4)22-25(14)18/h5-6,11-13H,7-10H2,1-4H3. The van der Waals surface area contributed by atoms with E-state index in [9.17, 15) is 8.42 Å². The van der Waals surface area contributed by atoms with Crippen LogP contribution < -0.4 is 4.74 Å². The Morgan fingerprint density at radius 2 is 1.90 bits per heavy atom. The maximum atomic E-state index is 13.1. The first kappa shape index (κ1) is 19.8. The summed E-state index contributed by atoms with van der Waals surface area (Å²) in [6.45, 7) is 4.80. The van der Waals surface area contributed by atoms with E-state index in [4.69, 9.17) is 4.74 Å². The predicted molar refractivity (Wildman–Crippen MR) is 105 cm³/mol. The highest BCUT2D eigenvalue weighted by molar-refractivity contribution is 7.89. The molecule has 4 heterocycles. The molecule has 0 saturated carbocycles. The zero-order valence-corrected chi connectivity index (χ0v) is 17.8. The molecule has 0 spiro atoms. The molecular formula is C18H25N7O3S. The molecule has 0 N–H and O–H groups in total. The summed E-state index contributed by atoms with van der Waals surface area (Å²) in [5.41, 5.74) is 0.644. The van der Waals surface area contributed by atoms with E-state index in [2.05, 4.69) is 20.3 Å². The minimum absolute atomic E-state index is 0.0750. The molecule has 1 saturated heterocycles. The molecule has 10 nitrogen and oxygen atoms in total. The molecular weight excluding hydrogens is 394 g/mol. The van der Waals surface area contributed by atoms with E-state index in [1.807, 2.05) is 20.9 Å². The quantitative estimate of drug-likeness (QED) is 0.617. The van der Waals surface area contributed by atoms with Crippen molar-refractivity contribution in [2.45, 2.75) is 43.6 Å². The lowest BCUT2D eigenvalue weighted by Gasteiger charge is -2.29. The second-order valence-electron chi connectivity index (χ2n) is 7.59. The first-order chi connectivity index (χ1) is 13.8. The second kappa shape index (κ2) is 7.38. The summed E-state index contributed by atoms with van der Waals surface area (Å²) in [6, 6.07) is 3.54. The average Bonchev–Trinajstić information content (AvgIpc) is 3.31. The number of rotatable bonds is 5. The van der Waals surface area contributed by atoms with Crippen molar-refractivity contribution in [1.82, 2.24) is 33.7 Å². The number of aromatic nitrogens is 6. The van der Waals surface area contributed by atoms with Crippen LogP contribution in [0.4, 0.5) is 0 Å². The number of hydrogen-bond acceptors (Lipinski definition) is 7. The van der Waals surface area contributed by atoms with Gasteiger partial charge in [0.05, 0.1) is 7.11 Å². The Kier molecular flexibility index (Phi) is 5.03. The third kappa shape index (κ3) is 3.48. The number of sulfonamides is 1. The first-order valence-electron chi connectivity index (χ1n) is 9.61. The van der Waals surface area contributed by atoms with Crippen molar-refractivity contribution in [1.29, 1.82) is 0 Å². The molecule has 3 aromatic heterocycles. The number of aryl methyl sites for hydroxylation is 1. The van der Waals surface area contributed by atoms with E-state index >= 15 is 0 Å². The number of ether oxygens (including phenoxy) is 1. The molecule has 1 aliphatic rings. The van der Waals surface area contributed by atoms with Gasteiger partial charge in [0.25, 0.3) is 10.0 Å². The molecule has 0 radical (unpaired) electrons. The van der Waals surface area contributed by atoms with Crippen LogP contribution in [-0.2, 0) is 17.1 Å². The van der Waals surface area contributed by atoms with Gasteiger partial charge in [-0.25, -0.2) is 13.4 Å². The molecule has 1 aliphatic heterocycles.